The van der Waals surface area contributed by atoms with Crippen LogP contribution in [0.2, 0.25) is 5.02 Å². The van der Waals surface area contributed by atoms with E-state index >= 15 is 8.78 Å². The first-order valence-electron chi connectivity index (χ1n) is 18.7. The third-order valence-electron chi connectivity index (χ3n) is 10.9. The molecule has 2 aromatic carbocycles. The van der Waals surface area contributed by atoms with E-state index in [0.717, 1.165) is 18.4 Å². The van der Waals surface area contributed by atoms with Crippen LogP contribution in [-0.4, -0.2) is 50.1 Å². The first-order valence-corrected chi connectivity index (χ1v) is 21.1. The van der Waals surface area contributed by atoms with Gasteiger partial charge < -0.3 is 9.52 Å². The van der Waals surface area contributed by atoms with E-state index in [1.165, 1.54) is 36.1 Å². The van der Waals surface area contributed by atoms with Gasteiger partial charge in [0.05, 0.1) is 33.9 Å². The van der Waals surface area contributed by atoms with Gasteiger partial charge in [0.2, 0.25) is 0 Å². The van der Waals surface area contributed by atoms with E-state index in [9.17, 15) is 40.3 Å². The standard InChI is InChI=1S/C42H33ClF7N5O5S/c1-40(57,33-5-4-12-60-33)11-10-25-6-7-27(28-8-9-31(43)35-32(20-61(3,58)59)52-54(2)37(28)35)36(51-25)22(13-21-14-23(44)17-24(45)15-21)16-26(56)19-55-39-34(38(53-55)42(48,49)50)29-18-30(29)41(39,46)47/h4-9,12,14-15,17,22,29-30,57H,13,16,18-20H2,1-3H3/t22-,29+,30-,40?/m1/s1. The number of nitrogens with zero attached hydrogens (tertiary/aromatic N) is 5. The predicted molar refractivity (Wildman–Crippen MR) is 207 cm³/mol. The molecule has 1 saturated carbocycles. The highest BCUT2D eigenvalue weighted by Gasteiger charge is 2.68. The number of furan rings is 1. The number of aromatic nitrogens is 5. The van der Waals surface area contributed by atoms with Crippen molar-refractivity contribution >= 4 is 38.1 Å². The minimum atomic E-state index is -5.07. The number of aliphatic hydroxyl groups is 1. The van der Waals surface area contributed by atoms with Gasteiger partial charge >= 0.3 is 6.18 Å². The Balaban J connectivity index is 1.29. The van der Waals surface area contributed by atoms with Gasteiger partial charge in [-0.15, -0.1) is 0 Å². The normalized spacial score (nSPS) is 18.3. The van der Waals surface area contributed by atoms with Crippen molar-refractivity contribution in [3.05, 3.63) is 123 Å². The van der Waals surface area contributed by atoms with Crippen LogP contribution < -0.4 is 0 Å². The van der Waals surface area contributed by atoms with Crippen molar-refractivity contribution in [2.45, 2.75) is 68.0 Å². The summed E-state index contributed by atoms with van der Waals surface area (Å²) in [5, 5.41) is 19.4. The molecule has 0 bridgehead atoms. The second-order valence-electron chi connectivity index (χ2n) is 15.6. The van der Waals surface area contributed by atoms with Crippen molar-refractivity contribution in [2.24, 2.45) is 13.0 Å². The molecule has 4 aromatic heterocycles. The van der Waals surface area contributed by atoms with Crippen LogP contribution in [-0.2, 0) is 58.1 Å². The third kappa shape index (κ3) is 8.06. The fraction of sp³-hybridized carbons (Fsp3) is 0.333. The van der Waals surface area contributed by atoms with Gasteiger partial charge in [-0.05, 0) is 79.6 Å². The Morgan fingerprint density at radius 2 is 1.79 bits per heavy atom. The zero-order chi connectivity index (χ0) is 44.0. The van der Waals surface area contributed by atoms with Crippen LogP contribution in [0.25, 0.3) is 22.0 Å². The minimum Gasteiger partial charge on any atom is -0.465 e. The lowest BCUT2D eigenvalue weighted by molar-refractivity contribution is -0.142. The molecule has 0 radical (unpaired) electrons. The number of Topliss-reactive ketones (excluding diaryl/α,β-unsaturated/α-hetero) is 1. The lowest BCUT2D eigenvalue weighted by Gasteiger charge is -2.22. The summed E-state index contributed by atoms with van der Waals surface area (Å²) in [7, 11) is -2.07. The van der Waals surface area contributed by atoms with E-state index in [1.54, 1.807) is 25.2 Å². The van der Waals surface area contributed by atoms with Crippen molar-refractivity contribution in [1.82, 2.24) is 24.5 Å². The number of fused-ring (bicyclic) bond motifs is 4. The lowest BCUT2D eigenvalue weighted by Crippen LogP contribution is -2.24. The maximum Gasteiger partial charge on any atom is 0.435 e. The molecule has 1 N–H and O–H groups in total. The summed E-state index contributed by atoms with van der Waals surface area (Å²) in [5.74, 6) is -4.90. The van der Waals surface area contributed by atoms with Crippen molar-refractivity contribution in [3.8, 4) is 23.0 Å². The molecule has 0 amide bonds. The second-order valence-corrected chi connectivity index (χ2v) is 18.2. The summed E-state index contributed by atoms with van der Waals surface area (Å²) < 4.78 is 135. The SMILES string of the molecule is Cn1nc(CS(C)(=O)=O)c2c(Cl)ccc(-c3ccc(C#CC(C)(O)c4ccco4)nc3[C@@H](CC(=O)Cn3nc(C(F)(F)F)c4c3C(F)(F)[C@@H]3C[C@H]43)Cc3cc(F)cc(F)c3)c21. The quantitative estimate of drug-likeness (QED) is 0.101. The Bertz CT molecular complexity index is 2910. The molecular formula is C42H33ClF7N5O5S. The predicted octanol–water partition coefficient (Wildman–Crippen LogP) is 8.37. The number of carbonyl (C=O) groups is 1. The Hall–Kier alpha value is -5.51. The van der Waals surface area contributed by atoms with Gasteiger partial charge in [-0.2, -0.15) is 32.1 Å². The second kappa shape index (κ2) is 14.8. The zero-order valence-corrected chi connectivity index (χ0v) is 33.9. The van der Waals surface area contributed by atoms with E-state index in [0.29, 0.717) is 21.8 Å². The number of aryl methyl sites for hydroxylation is 1. The van der Waals surface area contributed by atoms with E-state index in [2.05, 4.69) is 22.0 Å². The van der Waals surface area contributed by atoms with E-state index in [-0.39, 0.29) is 57.2 Å². The van der Waals surface area contributed by atoms with Crippen LogP contribution >= 0.6 is 11.6 Å². The summed E-state index contributed by atoms with van der Waals surface area (Å²) in [6, 6.07) is 11.9. The Labute approximate surface area is 348 Å². The fourth-order valence-corrected chi connectivity index (χ4v) is 9.25. The number of pyridine rings is 1. The Morgan fingerprint density at radius 3 is 2.44 bits per heavy atom. The van der Waals surface area contributed by atoms with Crippen LogP contribution in [0.3, 0.4) is 0 Å². The lowest BCUT2D eigenvalue weighted by atomic mass is 9.86. The minimum absolute atomic E-state index is 0.0278. The monoisotopic (exact) mass is 887 g/mol. The average molecular weight is 888 g/mol. The Kier molecular flexibility index (Phi) is 10.3. The van der Waals surface area contributed by atoms with Crippen LogP contribution in [0.4, 0.5) is 30.7 Å². The summed E-state index contributed by atoms with van der Waals surface area (Å²) in [6.07, 6.45) is -3.79. The molecule has 1 unspecified atom stereocenters. The first-order chi connectivity index (χ1) is 28.5. The van der Waals surface area contributed by atoms with E-state index < -0.39 is 98.4 Å². The van der Waals surface area contributed by atoms with Gasteiger partial charge in [0, 0.05) is 59.7 Å². The van der Waals surface area contributed by atoms with Gasteiger partial charge in [-0.25, -0.2) is 22.2 Å². The van der Waals surface area contributed by atoms with E-state index in [4.69, 9.17) is 21.0 Å². The van der Waals surface area contributed by atoms with Crippen molar-refractivity contribution in [3.63, 3.8) is 0 Å². The number of rotatable bonds is 11. The van der Waals surface area contributed by atoms with Crippen LogP contribution in [0, 0.1) is 29.4 Å². The number of carbonyl (C=O) groups excluding carboxylic acids is 1. The number of benzene rings is 2. The third-order valence-corrected chi connectivity index (χ3v) is 12.0. The summed E-state index contributed by atoms with van der Waals surface area (Å²) in [4.78, 5) is 18.9. The molecule has 6 aromatic rings. The molecule has 19 heteroatoms. The molecular weight excluding hydrogens is 855 g/mol. The van der Waals surface area contributed by atoms with Crippen LogP contribution in [0.1, 0.15) is 77.0 Å². The van der Waals surface area contributed by atoms with Gasteiger partial charge in [0.15, 0.2) is 26.9 Å². The molecule has 0 saturated heterocycles. The molecule has 2 aliphatic rings. The fourth-order valence-electron chi connectivity index (χ4n) is 8.29. The number of hydrogen-bond donors (Lipinski definition) is 1. The van der Waals surface area contributed by atoms with Crippen LogP contribution in [0.15, 0.2) is 65.3 Å². The van der Waals surface area contributed by atoms with Crippen molar-refractivity contribution in [1.29, 1.82) is 0 Å². The van der Waals surface area contributed by atoms with E-state index in [1.807, 2.05) is 0 Å². The van der Waals surface area contributed by atoms with Gasteiger partial charge in [-0.1, -0.05) is 23.6 Å². The molecule has 10 nitrogen and oxygen atoms in total. The van der Waals surface area contributed by atoms with Gasteiger partial charge in [0.1, 0.15) is 35.3 Å². The number of hydrogen-bond acceptors (Lipinski definition) is 8. The summed E-state index contributed by atoms with van der Waals surface area (Å²) >= 11 is 6.64. The first kappa shape index (κ1) is 42.2. The van der Waals surface area contributed by atoms with Gasteiger partial charge in [-0.3, -0.25) is 14.2 Å². The number of sulfone groups is 1. The topological polar surface area (TPSA) is 133 Å². The highest BCUT2D eigenvalue weighted by Crippen LogP contribution is 2.68. The maximum atomic E-state index is 15.5. The van der Waals surface area contributed by atoms with Gasteiger partial charge in [0.25, 0.3) is 5.92 Å². The molecule has 4 heterocycles. The molecule has 61 heavy (non-hydrogen) atoms. The molecule has 4 atom stereocenters. The Morgan fingerprint density at radius 1 is 1.08 bits per heavy atom. The van der Waals surface area contributed by atoms with Crippen LogP contribution in [0.5, 0.6) is 0 Å². The zero-order valence-electron chi connectivity index (χ0n) is 32.3. The highest BCUT2D eigenvalue weighted by atomic mass is 35.5. The number of ketones is 1. The molecule has 318 valence electrons. The molecule has 2 aliphatic carbocycles. The summed E-state index contributed by atoms with van der Waals surface area (Å²) in [6.45, 7) is 0.377. The number of alkyl halides is 5. The molecule has 1 fully saturated rings. The molecule has 0 spiro atoms. The average Bonchev–Trinajstić information content (AvgIpc) is 3.41. The molecule has 0 aliphatic heterocycles. The van der Waals surface area contributed by atoms with Crippen molar-refractivity contribution < 1.29 is 53.5 Å². The number of halogens is 8. The summed E-state index contributed by atoms with van der Waals surface area (Å²) in [5.41, 5.74) is -3.65. The van der Waals surface area contributed by atoms with Crippen molar-refractivity contribution in [2.75, 3.05) is 6.26 Å². The highest BCUT2D eigenvalue weighted by molar-refractivity contribution is 7.89. The maximum absolute atomic E-state index is 15.5. The largest absolute Gasteiger partial charge is 0.465 e. The molecule has 8 rings (SSSR count). The smallest absolute Gasteiger partial charge is 0.435 e.